The molecule has 30 heavy (non-hydrogen) atoms. The first kappa shape index (κ1) is 20.0. The van der Waals surface area contributed by atoms with Crippen molar-refractivity contribution in [2.24, 2.45) is 0 Å². The number of hydrogen-bond donors (Lipinski definition) is 1. The molecule has 0 bridgehead atoms. The standard InChI is InChI=1S/C22H17ClF2N4O/c1-11-9-15(22(30)27-18-8-7-14(24)10-17(18)25)20-13(3)28-29(21(20)26-11)19-6-4-5-16(23)12(19)2/h4-10H,1-3H3,(H,27,30). The van der Waals surface area contributed by atoms with Crippen LogP contribution in [0.5, 0.6) is 0 Å². The van der Waals surface area contributed by atoms with E-state index in [-0.39, 0.29) is 5.69 Å². The van der Waals surface area contributed by atoms with Crippen LogP contribution in [0.2, 0.25) is 5.02 Å². The van der Waals surface area contributed by atoms with Crippen molar-refractivity contribution in [3.63, 3.8) is 0 Å². The molecule has 5 nitrogen and oxygen atoms in total. The molecule has 0 fully saturated rings. The number of nitrogens with zero attached hydrogens (tertiary/aromatic N) is 3. The van der Waals surface area contributed by atoms with Gasteiger partial charge in [0, 0.05) is 16.8 Å². The number of hydrogen-bond acceptors (Lipinski definition) is 3. The number of nitrogens with one attached hydrogen (secondary N) is 1. The maximum atomic E-state index is 14.0. The lowest BCUT2D eigenvalue weighted by atomic mass is 10.1. The number of anilines is 1. The lowest BCUT2D eigenvalue weighted by Crippen LogP contribution is -2.14. The lowest BCUT2D eigenvalue weighted by Gasteiger charge is -2.10. The summed E-state index contributed by atoms with van der Waals surface area (Å²) in [5, 5.41) is 8.21. The Morgan fingerprint density at radius 2 is 1.87 bits per heavy atom. The van der Waals surface area contributed by atoms with Gasteiger partial charge >= 0.3 is 0 Å². The molecule has 1 amide bonds. The van der Waals surface area contributed by atoms with Gasteiger partial charge in [-0.1, -0.05) is 17.7 Å². The highest BCUT2D eigenvalue weighted by Gasteiger charge is 2.21. The van der Waals surface area contributed by atoms with Crippen LogP contribution in [0.15, 0.2) is 42.5 Å². The van der Waals surface area contributed by atoms with Crippen molar-refractivity contribution in [1.29, 1.82) is 0 Å². The van der Waals surface area contributed by atoms with Gasteiger partial charge in [-0.3, -0.25) is 4.79 Å². The second-order valence-corrected chi connectivity index (χ2v) is 7.38. The summed E-state index contributed by atoms with van der Waals surface area (Å²) in [4.78, 5) is 17.6. The zero-order valence-electron chi connectivity index (χ0n) is 16.4. The van der Waals surface area contributed by atoms with E-state index in [1.54, 1.807) is 30.7 Å². The molecule has 0 aliphatic carbocycles. The highest BCUT2D eigenvalue weighted by atomic mass is 35.5. The number of fused-ring (bicyclic) bond motifs is 1. The minimum Gasteiger partial charge on any atom is -0.319 e. The summed E-state index contributed by atoms with van der Waals surface area (Å²) in [5.74, 6) is -2.12. The van der Waals surface area contributed by atoms with E-state index in [0.717, 1.165) is 17.3 Å². The van der Waals surface area contributed by atoms with E-state index in [0.29, 0.717) is 39.1 Å². The minimum absolute atomic E-state index is 0.111. The van der Waals surface area contributed by atoms with Crippen molar-refractivity contribution in [2.45, 2.75) is 20.8 Å². The maximum Gasteiger partial charge on any atom is 0.256 e. The van der Waals surface area contributed by atoms with Crippen LogP contribution in [0.1, 0.15) is 27.3 Å². The van der Waals surface area contributed by atoms with Crippen LogP contribution in [0.25, 0.3) is 16.7 Å². The van der Waals surface area contributed by atoms with Crippen molar-refractivity contribution >= 4 is 34.2 Å². The van der Waals surface area contributed by atoms with Crippen LogP contribution in [-0.4, -0.2) is 20.7 Å². The zero-order valence-corrected chi connectivity index (χ0v) is 17.2. The normalized spacial score (nSPS) is 11.1. The summed E-state index contributed by atoms with van der Waals surface area (Å²) in [6, 6.07) is 10.1. The lowest BCUT2D eigenvalue weighted by molar-refractivity contribution is 0.102. The van der Waals surface area contributed by atoms with Gasteiger partial charge in [0.25, 0.3) is 5.91 Å². The predicted octanol–water partition coefficient (Wildman–Crippen LogP) is 5.53. The molecular weight excluding hydrogens is 410 g/mol. The fourth-order valence-electron chi connectivity index (χ4n) is 3.37. The second-order valence-electron chi connectivity index (χ2n) is 6.97. The van der Waals surface area contributed by atoms with E-state index in [1.807, 2.05) is 19.1 Å². The summed E-state index contributed by atoms with van der Waals surface area (Å²) in [6.45, 7) is 5.40. The molecule has 0 saturated heterocycles. The van der Waals surface area contributed by atoms with E-state index in [4.69, 9.17) is 11.6 Å². The molecule has 0 saturated carbocycles. The molecule has 4 rings (SSSR count). The van der Waals surface area contributed by atoms with Crippen LogP contribution in [0.3, 0.4) is 0 Å². The Hall–Kier alpha value is -3.32. The number of benzene rings is 2. The highest BCUT2D eigenvalue weighted by molar-refractivity contribution is 6.31. The molecule has 0 aliphatic rings. The van der Waals surface area contributed by atoms with E-state index in [1.165, 1.54) is 6.07 Å². The first-order valence-corrected chi connectivity index (χ1v) is 9.53. The van der Waals surface area contributed by atoms with Gasteiger partial charge in [-0.25, -0.2) is 18.4 Å². The predicted molar refractivity (Wildman–Crippen MR) is 112 cm³/mol. The third-order valence-electron chi connectivity index (χ3n) is 4.83. The smallest absolute Gasteiger partial charge is 0.256 e. The average molecular weight is 427 g/mol. The van der Waals surface area contributed by atoms with Crippen LogP contribution < -0.4 is 5.32 Å². The molecule has 2 heterocycles. The van der Waals surface area contributed by atoms with Gasteiger partial charge in [0.1, 0.15) is 11.6 Å². The minimum atomic E-state index is -0.854. The van der Waals surface area contributed by atoms with Crippen molar-refractivity contribution in [3.05, 3.63) is 81.6 Å². The van der Waals surface area contributed by atoms with E-state index >= 15 is 0 Å². The Balaban J connectivity index is 1.86. The van der Waals surface area contributed by atoms with Crippen molar-refractivity contribution in [2.75, 3.05) is 5.32 Å². The Morgan fingerprint density at radius 1 is 1.10 bits per heavy atom. The molecule has 1 N–H and O–H groups in total. The fourth-order valence-corrected chi connectivity index (χ4v) is 3.54. The molecule has 152 valence electrons. The third-order valence-corrected chi connectivity index (χ3v) is 5.24. The zero-order chi connectivity index (χ0) is 21.6. The summed E-state index contributed by atoms with van der Waals surface area (Å²) in [5.41, 5.74) is 3.42. The second kappa shape index (κ2) is 7.50. The first-order chi connectivity index (χ1) is 14.3. The summed E-state index contributed by atoms with van der Waals surface area (Å²) in [6.07, 6.45) is 0. The highest BCUT2D eigenvalue weighted by Crippen LogP contribution is 2.29. The van der Waals surface area contributed by atoms with Gasteiger partial charge < -0.3 is 5.32 Å². The van der Waals surface area contributed by atoms with Crippen molar-refractivity contribution in [1.82, 2.24) is 14.8 Å². The van der Waals surface area contributed by atoms with E-state index in [9.17, 15) is 13.6 Å². The Kier molecular flexibility index (Phi) is 4.99. The molecule has 0 spiro atoms. The number of aromatic nitrogens is 3. The molecule has 2 aromatic carbocycles. The number of aryl methyl sites for hydroxylation is 2. The monoisotopic (exact) mass is 426 g/mol. The molecule has 0 unspecified atom stereocenters. The van der Waals surface area contributed by atoms with Gasteiger partial charge in [-0.2, -0.15) is 5.10 Å². The molecule has 0 radical (unpaired) electrons. The molecule has 0 atom stereocenters. The summed E-state index contributed by atoms with van der Waals surface area (Å²) < 4.78 is 28.8. The summed E-state index contributed by atoms with van der Waals surface area (Å²) in [7, 11) is 0. The number of pyridine rings is 1. The van der Waals surface area contributed by atoms with Gasteiger partial charge in [-0.15, -0.1) is 0 Å². The molecular formula is C22H17ClF2N4O. The molecule has 4 aromatic rings. The van der Waals surface area contributed by atoms with Crippen molar-refractivity contribution in [3.8, 4) is 5.69 Å². The van der Waals surface area contributed by atoms with E-state index in [2.05, 4.69) is 15.4 Å². The molecule has 8 heteroatoms. The van der Waals surface area contributed by atoms with Crippen LogP contribution in [-0.2, 0) is 0 Å². The maximum absolute atomic E-state index is 14.0. The summed E-state index contributed by atoms with van der Waals surface area (Å²) >= 11 is 6.26. The quantitative estimate of drug-likeness (QED) is 0.468. The third kappa shape index (κ3) is 3.41. The Morgan fingerprint density at radius 3 is 2.60 bits per heavy atom. The van der Waals surface area contributed by atoms with Crippen molar-refractivity contribution < 1.29 is 13.6 Å². The van der Waals surface area contributed by atoms with Crippen LogP contribution in [0, 0.1) is 32.4 Å². The number of rotatable bonds is 3. The largest absolute Gasteiger partial charge is 0.319 e. The number of carbonyl (C=O) groups is 1. The van der Waals surface area contributed by atoms with Gasteiger partial charge in [0.15, 0.2) is 5.65 Å². The molecule has 2 aromatic heterocycles. The Bertz CT molecular complexity index is 1320. The topological polar surface area (TPSA) is 59.8 Å². The molecule has 0 aliphatic heterocycles. The van der Waals surface area contributed by atoms with Crippen LogP contribution in [0.4, 0.5) is 14.5 Å². The van der Waals surface area contributed by atoms with Gasteiger partial charge in [0.05, 0.1) is 28.0 Å². The number of halogens is 3. The van der Waals surface area contributed by atoms with E-state index < -0.39 is 17.5 Å². The SMILES string of the molecule is Cc1cc(C(=O)Nc2ccc(F)cc2F)c2c(C)nn(-c3cccc(Cl)c3C)c2n1. The van der Waals surface area contributed by atoms with Gasteiger partial charge in [-0.05, 0) is 56.7 Å². The fraction of sp³-hybridized carbons (Fsp3) is 0.136. The average Bonchev–Trinajstić information content (AvgIpc) is 3.01. The first-order valence-electron chi connectivity index (χ1n) is 9.15. The Labute approximate surface area is 176 Å². The van der Waals surface area contributed by atoms with Crippen LogP contribution >= 0.6 is 11.6 Å². The van der Waals surface area contributed by atoms with Gasteiger partial charge in [0.2, 0.25) is 0 Å². The number of amides is 1. The number of carbonyl (C=O) groups excluding carboxylic acids is 1.